The molecule has 0 saturated carbocycles. The smallest absolute Gasteiger partial charge is 0.161 e. The van der Waals surface area contributed by atoms with Crippen LogP contribution in [0.3, 0.4) is 0 Å². The van der Waals surface area contributed by atoms with Gasteiger partial charge in [0.05, 0.1) is 6.61 Å². The van der Waals surface area contributed by atoms with Gasteiger partial charge < -0.3 is 9.47 Å². The molecular weight excluding hydrogens is 288 g/mol. The van der Waals surface area contributed by atoms with E-state index in [9.17, 15) is 4.79 Å². The Bertz CT molecular complexity index is 819. The fourth-order valence-corrected chi connectivity index (χ4v) is 2.56. The van der Waals surface area contributed by atoms with Crippen molar-refractivity contribution in [3.05, 3.63) is 71.8 Å². The maximum absolute atomic E-state index is 10.9. The Kier molecular flexibility index (Phi) is 4.57. The van der Waals surface area contributed by atoms with Crippen LogP contribution >= 0.6 is 0 Å². The molecule has 23 heavy (non-hydrogen) atoms. The highest BCUT2D eigenvalue weighted by Crippen LogP contribution is 2.29. The first kappa shape index (κ1) is 15.1. The lowest BCUT2D eigenvalue weighted by molar-refractivity contribution is 0.112. The summed E-state index contributed by atoms with van der Waals surface area (Å²) in [5, 5.41) is 2.37. The number of hydrogen-bond acceptors (Lipinski definition) is 3. The predicted octanol–water partition coefficient (Wildman–Crippen LogP) is 4.63. The summed E-state index contributed by atoms with van der Waals surface area (Å²) in [6.07, 6.45) is 0.803. The lowest BCUT2D eigenvalue weighted by Gasteiger charge is -2.13. The summed E-state index contributed by atoms with van der Waals surface area (Å²) >= 11 is 0. The van der Waals surface area contributed by atoms with Gasteiger partial charge in [-0.3, -0.25) is 4.79 Å². The molecule has 0 heterocycles. The Morgan fingerprint density at radius 3 is 2.57 bits per heavy atom. The Morgan fingerprint density at radius 1 is 0.913 bits per heavy atom. The summed E-state index contributed by atoms with van der Waals surface area (Å²) in [7, 11) is 0. The number of aldehydes is 1. The maximum atomic E-state index is 10.9. The second-order valence-electron chi connectivity index (χ2n) is 5.18. The third-order valence-electron chi connectivity index (χ3n) is 3.67. The van der Waals surface area contributed by atoms with Gasteiger partial charge in [-0.15, -0.1) is 0 Å². The first-order valence-corrected chi connectivity index (χ1v) is 7.63. The Morgan fingerprint density at radius 2 is 1.74 bits per heavy atom. The van der Waals surface area contributed by atoms with E-state index in [0.717, 1.165) is 11.8 Å². The first-order valence-electron chi connectivity index (χ1n) is 7.63. The third-order valence-corrected chi connectivity index (χ3v) is 3.67. The molecule has 0 bridgehead atoms. The lowest BCUT2D eigenvalue weighted by atomic mass is 10.1. The lowest BCUT2D eigenvalue weighted by Crippen LogP contribution is -2.01. The molecule has 0 unspecified atom stereocenters. The topological polar surface area (TPSA) is 35.5 Å². The maximum Gasteiger partial charge on any atom is 0.161 e. The number of rotatable bonds is 6. The molecule has 0 atom stereocenters. The highest BCUT2D eigenvalue weighted by Gasteiger charge is 2.08. The summed E-state index contributed by atoms with van der Waals surface area (Å²) < 4.78 is 11.5. The van der Waals surface area contributed by atoms with E-state index in [1.807, 2.05) is 25.1 Å². The summed E-state index contributed by atoms with van der Waals surface area (Å²) in [6, 6.07) is 19.6. The molecule has 3 aromatic carbocycles. The van der Waals surface area contributed by atoms with Crippen LogP contribution in [0.5, 0.6) is 11.5 Å². The van der Waals surface area contributed by atoms with Crippen molar-refractivity contribution in [3.63, 3.8) is 0 Å². The molecule has 3 aromatic rings. The van der Waals surface area contributed by atoms with Crippen molar-refractivity contribution in [2.45, 2.75) is 13.5 Å². The second kappa shape index (κ2) is 6.97. The van der Waals surface area contributed by atoms with Crippen molar-refractivity contribution < 1.29 is 14.3 Å². The fourth-order valence-electron chi connectivity index (χ4n) is 2.56. The van der Waals surface area contributed by atoms with Gasteiger partial charge in [0, 0.05) is 5.56 Å². The van der Waals surface area contributed by atoms with Crippen LogP contribution in [0.15, 0.2) is 60.7 Å². The van der Waals surface area contributed by atoms with Crippen molar-refractivity contribution >= 4 is 17.1 Å². The molecular formula is C20H18O3. The zero-order valence-corrected chi connectivity index (χ0v) is 13.0. The van der Waals surface area contributed by atoms with Gasteiger partial charge in [-0.2, -0.15) is 0 Å². The zero-order chi connectivity index (χ0) is 16.1. The van der Waals surface area contributed by atoms with Gasteiger partial charge >= 0.3 is 0 Å². The van der Waals surface area contributed by atoms with Gasteiger partial charge in [0.15, 0.2) is 11.5 Å². The molecule has 0 aliphatic carbocycles. The molecule has 0 aliphatic rings. The quantitative estimate of drug-likeness (QED) is 0.623. The largest absolute Gasteiger partial charge is 0.490 e. The van der Waals surface area contributed by atoms with E-state index in [0.29, 0.717) is 30.3 Å². The molecule has 0 aromatic heterocycles. The molecule has 0 saturated heterocycles. The second-order valence-corrected chi connectivity index (χ2v) is 5.18. The van der Waals surface area contributed by atoms with E-state index >= 15 is 0 Å². The van der Waals surface area contributed by atoms with E-state index in [-0.39, 0.29) is 0 Å². The fraction of sp³-hybridized carbons (Fsp3) is 0.150. The summed E-state index contributed by atoms with van der Waals surface area (Å²) in [5.74, 6) is 1.24. The Balaban J connectivity index is 1.86. The minimum Gasteiger partial charge on any atom is -0.490 e. The molecule has 0 spiro atoms. The number of ether oxygens (including phenoxy) is 2. The standard InChI is InChI=1S/C20H18O3/c1-2-22-20-12-15(13-21)10-11-19(20)23-14-17-8-5-7-16-6-3-4-9-18(16)17/h3-13H,2,14H2,1H3. The average Bonchev–Trinajstić information content (AvgIpc) is 2.61. The SMILES string of the molecule is CCOc1cc(C=O)ccc1OCc1cccc2ccccc12. The van der Waals surface area contributed by atoms with Crippen molar-refractivity contribution in [2.24, 2.45) is 0 Å². The van der Waals surface area contributed by atoms with Crippen LogP contribution in [0, 0.1) is 0 Å². The van der Waals surface area contributed by atoms with Gasteiger partial charge in [-0.1, -0.05) is 42.5 Å². The molecule has 0 amide bonds. The average molecular weight is 306 g/mol. The summed E-state index contributed by atoms with van der Waals surface area (Å²) in [4.78, 5) is 10.9. The number of fused-ring (bicyclic) bond motifs is 1. The van der Waals surface area contributed by atoms with Gasteiger partial charge in [-0.25, -0.2) is 0 Å². The Hall–Kier alpha value is -2.81. The third kappa shape index (κ3) is 3.34. The predicted molar refractivity (Wildman–Crippen MR) is 91.3 cm³/mol. The van der Waals surface area contributed by atoms with Crippen LogP contribution in [0.1, 0.15) is 22.8 Å². The highest BCUT2D eigenvalue weighted by atomic mass is 16.5. The van der Waals surface area contributed by atoms with E-state index in [2.05, 4.69) is 24.3 Å². The zero-order valence-electron chi connectivity index (χ0n) is 13.0. The van der Waals surface area contributed by atoms with Crippen LogP contribution in [0.2, 0.25) is 0 Å². The first-order chi connectivity index (χ1) is 11.3. The normalized spacial score (nSPS) is 10.5. The van der Waals surface area contributed by atoms with Crippen LogP contribution in [0.25, 0.3) is 10.8 Å². The van der Waals surface area contributed by atoms with Gasteiger partial charge in [0.2, 0.25) is 0 Å². The van der Waals surface area contributed by atoms with Crippen molar-refractivity contribution in [1.82, 2.24) is 0 Å². The van der Waals surface area contributed by atoms with Crippen LogP contribution in [0.4, 0.5) is 0 Å². The number of benzene rings is 3. The number of carbonyl (C=O) groups excluding carboxylic acids is 1. The molecule has 0 aliphatic heterocycles. The van der Waals surface area contributed by atoms with E-state index in [1.54, 1.807) is 18.2 Å². The van der Waals surface area contributed by atoms with Gasteiger partial charge in [0.1, 0.15) is 12.9 Å². The molecule has 3 heteroatoms. The molecule has 3 rings (SSSR count). The summed E-state index contributed by atoms with van der Waals surface area (Å²) in [6.45, 7) is 2.87. The number of hydrogen-bond donors (Lipinski definition) is 0. The Labute approximate surface area is 135 Å². The minimum atomic E-state index is 0.446. The molecule has 0 fully saturated rings. The minimum absolute atomic E-state index is 0.446. The van der Waals surface area contributed by atoms with Crippen molar-refractivity contribution in [1.29, 1.82) is 0 Å². The van der Waals surface area contributed by atoms with Crippen LogP contribution < -0.4 is 9.47 Å². The van der Waals surface area contributed by atoms with Crippen LogP contribution in [-0.4, -0.2) is 12.9 Å². The van der Waals surface area contributed by atoms with Crippen molar-refractivity contribution in [2.75, 3.05) is 6.61 Å². The van der Waals surface area contributed by atoms with Crippen molar-refractivity contribution in [3.8, 4) is 11.5 Å². The number of carbonyl (C=O) groups is 1. The molecule has 116 valence electrons. The van der Waals surface area contributed by atoms with E-state index < -0.39 is 0 Å². The molecule has 3 nitrogen and oxygen atoms in total. The van der Waals surface area contributed by atoms with Gasteiger partial charge in [-0.05, 0) is 41.5 Å². The van der Waals surface area contributed by atoms with E-state index in [1.165, 1.54) is 10.8 Å². The molecule has 0 N–H and O–H groups in total. The van der Waals surface area contributed by atoms with E-state index in [4.69, 9.17) is 9.47 Å². The highest BCUT2D eigenvalue weighted by molar-refractivity contribution is 5.85. The van der Waals surface area contributed by atoms with Gasteiger partial charge in [0.25, 0.3) is 0 Å². The molecule has 0 radical (unpaired) electrons. The summed E-state index contributed by atoms with van der Waals surface area (Å²) in [5.41, 5.74) is 1.69. The van der Waals surface area contributed by atoms with Crippen LogP contribution in [-0.2, 0) is 6.61 Å². The monoisotopic (exact) mass is 306 g/mol.